The minimum atomic E-state index is -2.12. The minimum absolute atomic E-state index is 0.108. The first-order chi connectivity index (χ1) is 13.6. The van der Waals surface area contributed by atoms with Crippen LogP contribution in [0.4, 0.5) is 0 Å². The van der Waals surface area contributed by atoms with E-state index in [1.807, 2.05) is 69.3 Å². The number of carbonyl (C=O) groups excluding carboxylic acids is 2. The Balaban J connectivity index is 2.13. The molecule has 0 saturated carbocycles. The van der Waals surface area contributed by atoms with Crippen molar-refractivity contribution in [2.75, 3.05) is 0 Å². The van der Waals surface area contributed by atoms with Crippen molar-refractivity contribution in [1.82, 2.24) is 0 Å². The van der Waals surface area contributed by atoms with Gasteiger partial charge in [0.25, 0.3) is 0 Å². The Bertz CT molecular complexity index is 795. The van der Waals surface area contributed by atoms with Crippen LogP contribution in [0.2, 0.25) is 18.6 Å². The second kappa shape index (κ2) is 9.88. The smallest absolute Gasteiger partial charge is 0.306 e. The molecule has 2 rings (SSSR count). The van der Waals surface area contributed by atoms with E-state index < -0.39 is 13.7 Å². The van der Waals surface area contributed by atoms with Crippen molar-refractivity contribution < 1.29 is 19.1 Å². The molecule has 0 N–H and O–H groups in total. The van der Waals surface area contributed by atoms with E-state index in [4.69, 9.17) is 9.47 Å². The molecule has 0 spiro atoms. The van der Waals surface area contributed by atoms with E-state index in [0.29, 0.717) is 0 Å². The molecule has 0 radical (unpaired) electrons. The summed E-state index contributed by atoms with van der Waals surface area (Å²) in [6.07, 6.45) is 0.423. The summed E-state index contributed by atoms with van der Waals surface area (Å²) in [5, 5.41) is 1.21. The number of carbonyl (C=O) groups is 2. The van der Waals surface area contributed by atoms with Crippen molar-refractivity contribution >= 4 is 25.2 Å². The minimum Gasteiger partial charge on any atom is -0.461 e. The third kappa shape index (κ3) is 7.50. The van der Waals surface area contributed by atoms with Crippen molar-refractivity contribution in [2.45, 2.75) is 64.5 Å². The Morgan fingerprint density at radius 3 is 1.93 bits per heavy atom. The Kier molecular flexibility index (Phi) is 7.79. The lowest BCUT2D eigenvalue weighted by atomic mass is 10.2. The van der Waals surface area contributed by atoms with Crippen molar-refractivity contribution in [2.24, 2.45) is 0 Å². The summed E-state index contributed by atoms with van der Waals surface area (Å²) in [6, 6.07) is 19.8. The molecule has 0 heterocycles. The summed E-state index contributed by atoms with van der Waals surface area (Å²) in [4.78, 5) is 25.2. The lowest BCUT2D eigenvalue weighted by molar-refractivity contribution is -0.155. The van der Waals surface area contributed by atoms with E-state index in [2.05, 4.69) is 25.2 Å². The third-order valence-electron chi connectivity index (χ3n) is 5.03. The molecule has 0 amide bonds. The highest BCUT2D eigenvalue weighted by Crippen LogP contribution is 2.31. The molecule has 29 heavy (non-hydrogen) atoms. The summed E-state index contributed by atoms with van der Waals surface area (Å²) in [7, 11) is -2.12. The summed E-state index contributed by atoms with van der Waals surface area (Å²) >= 11 is 0. The van der Waals surface area contributed by atoms with Gasteiger partial charge < -0.3 is 9.47 Å². The lowest BCUT2D eigenvalue weighted by Crippen LogP contribution is -2.47. The Hall–Kier alpha value is -2.40. The largest absolute Gasteiger partial charge is 0.461 e. The number of benzene rings is 2. The van der Waals surface area contributed by atoms with Crippen LogP contribution in [0, 0.1) is 0 Å². The predicted octanol–water partition coefficient (Wildman–Crippen LogP) is 4.84. The molecule has 0 saturated heterocycles. The molecule has 156 valence electrons. The lowest BCUT2D eigenvalue weighted by Gasteiger charge is -2.33. The van der Waals surface area contributed by atoms with Gasteiger partial charge in [-0.05, 0) is 31.9 Å². The number of esters is 2. The molecule has 0 aliphatic rings. The average molecular weight is 413 g/mol. The number of hydrogen-bond acceptors (Lipinski definition) is 4. The van der Waals surface area contributed by atoms with Gasteiger partial charge in [-0.1, -0.05) is 78.9 Å². The fourth-order valence-electron chi connectivity index (χ4n) is 3.27. The van der Waals surface area contributed by atoms with Gasteiger partial charge >= 0.3 is 11.9 Å². The SMILES string of the molecule is CC(C)(C)OC(=O)C[C@@H](CC(=O)OCc1ccccc1)[Si](C)(C)c1ccccc1. The molecule has 0 aromatic heterocycles. The van der Waals surface area contributed by atoms with Gasteiger partial charge in [0.1, 0.15) is 12.2 Å². The van der Waals surface area contributed by atoms with Crippen LogP contribution in [0.15, 0.2) is 60.7 Å². The first kappa shape index (κ1) is 22.9. The molecular weight excluding hydrogens is 380 g/mol. The van der Waals surface area contributed by atoms with Gasteiger partial charge in [-0.2, -0.15) is 0 Å². The fraction of sp³-hybridized carbons (Fsp3) is 0.417. The number of ether oxygens (including phenoxy) is 2. The molecule has 2 aromatic carbocycles. The number of hydrogen-bond donors (Lipinski definition) is 0. The second-order valence-electron chi connectivity index (χ2n) is 8.93. The zero-order chi connectivity index (χ0) is 21.5. The van der Waals surface area contributed by atoms with Crippen molar-refractivity contribution in [1.29, 1.82) is 0 Å². The highest BCUT2D eigenvalue weighted by atomic mass is 28.3. The predicted molar refractivity (Wildman–Crippen MR) is 119 cm³/mol. The fourth-order valence-corrected chi connectivity index (χ4v) is 6.15. The Morgan fingerprint density at radius 2 is 1.38 bits per heavy atom. The molecule has 0 aliphatic carbocycles. The molecule has 0 bridgehead atoms. The van der Waals surface area contributed by atoms with Gasteiger partial charge in [0.2, 0.25) is 0 Å². The van der Waals surface area contributed by atoms with Gasteiger partial charge in [0.05, 0.1) is 8.07 Å². The first-order valence-corrected chi connectivity index (χ1v) is 13.1. The monoisotopic (exact) mass is 412 g/mol. The standard InChI is InChI=1S/C24H32O4Si/c1-24(2,3)28-23(26)17-21(29(4,5)20-14-10-7-11-15-20)16-22(25)27-18-19-12-8-6-9-13-19/h6-15,21H,16-18H2,1-5H3/t21-/m1/s1. The van der Waals surface area contributed by atoms with Crippen LogP contribution >= 0.6 is 0 Å². The summed E-state index contributed by atoms with van der Waals surface area (Å²) < 4.78 is 11.0. The average Bonchev–Trinajstić information content (AvgIpc) is 2.66. The maximum atomic E-state index is 12.6. The van der Waals surface area contributed by atoms with Crippen molar-refractivity contribution in [3.63, 3.8) is 0 Å². The van der Waals surface area contributed by atoms with E-state index >= 15 is 0 Å². The third-order valence-corrected chi connectivity index (χ3v) is 9.30. The van der Waals surface area contributed by atoms with E-state index in [0.717, 1.165) is 5.56 Å². The van der Waals surface area contributed by atoms with E-state index in [9.17, 15) is 9.59 Å². The molecule has 0 aliphatic heterocycles. The number of rotatable bonds is 8. The second-order valence-corrected chi connectivity index (χ2v) is 13.8. The van der Waals surface area contributed by atoms with Gasteiger partial charge in [0.15, 0.2) is 0 Å². The summed E-state index contributed by atoms with van der Waals surface area (Å²) in [5.74, 6) is -0.547. The van der Waals surface area contributed by atoms with Crippen LogP contribution < -0.4 is 5.19 Å². The summed E-state index contributed by atoms with van der Waals surface area (Å²) in [6.45, 7) is 10.2. The molecule has 5 heteroatoms. The van der Waals surface area contributed by atoms with Gasteiger partial charge in [-0.3, -0.25) is 9.59 Å². The molecule has 4 nitrogen and oxygen atoms in total. The maximum absolute atomic E-state index is 12.6. The zero-order valence-electron chi connectivity index (χ0n) is 18.1. The van der Waals surface area contributed by atoms with Crippen molar-refractivity contribution in [3.05, 3.63) is 66.2 Å². The van der Waals surface area contributed by atoms with Crippen LogP contribution in [0.5, 0.6) is 0 Å². The molecule has 2 aromatic rings. The van der Waals surface area contributed by atoms with Crippen LogP contribution in [0.25, 0.3) is 0 Å². The van der Waals surface area contributed by atoms with Crippen molar-refractivity contribution in [3.8, 4) is 0 Å². The molecule has 1 atom stereocenters. The topological polar surface area (TPSA) is 52.6 Å². The first-order valence-electron chi connectivity index (χ1n) is 10.0. The molecule has 0 unspecified atom stereocenters. The van der Waals surface area contributed by atoms with Gasteiger partial charge in [-0.15, -0.1) is 0 Å². The Morgan fingerprint density at radius 1 is 0.862 bits per heavy atom. The van der Waals surface area contributed by atoms with E-state index in [1.54, 1.807) is 0 Å². The molecular formula is C24H32O4Si. The quantitative estimate of drug-likeness (QED) is 0.460. The van der Waals surface area contributed by atoms with Crippen LogP contribution in [0.1, 0.15) is 39.2 Å². The zero-order valence-corrected chi connectivity index (χ0v) is 19.1. The van der Waals surface area contributed by atoms with E-state index in [1.165, 1.54) is 5.19 Å². The molecule has 0 fully saturated rings. The van der Waals surface area contributed by atoms with Gasteiger partial charge in [0, 0.05) is 12.8 Å². The van der Waals surface area contributed by atoms with Crippen LogP contribution in [-0.4, -0.2) is 25.6 Å². The normalized spacial score (nSPS) is 12.9. The van der Waals surface area contributed by atoms with Crippen LogP contribution in [0.3, 0.4) is 0 Å². The highest BCUT2D eigenvalue weighted by Gasteiger charge is 2.37. The summed E-state index contributed by atoms with van der Waals surface area (Å²) in [5.41, 5.74) is 0.292. The van der Waals surface area contributed by atoms with Crippen LogP contribution in [-0.2, 0) is 25.7 Å². The highest BCUT2D eigenvalue weighted by molar-refractivity contribution is 6.91. The Labute approximate surface area is 175 Å². The maximum Gasteiger partial charge on any atom is 0.306 e. The van der Waals surface area contributed by atoms with E-state index in [-0.39, 0.29) is 36.9 Å². The van der Waals surface area contributed by atoms with Gasteiger partial charge in [-0.25, -0.2) is 0 Å².